The second-order valence-electron chi connectivity index (χ2n) is 3.02. The first-order valence-electron chi connectivity index (χ1n) is 3.63. The molecule has 0 aliphatic carbocycles. The average molecular weight is 151 g/mol. The van der Waals surface area contributed by atoms with Gasteiger partial charge in [0.15, 0.2) is 0 Å². The Morgan fingerprint density at radius 1 is 1.00 bits per heavy atom. The second kappa shape index (κ2) is 5.51. The molecule has 0 unspecified atom stereocenters. The molecule has 11 heavy (non-hydrogen) atoms. The van der Waals surface area contributed by atoms with Crippen molar-refractivity contribution in [2.24, 2.45) is 11.5 Å². The van der Waals surface area contributed by atoms with Gasteiger partial charge in [0, 0.05) is 0 Å². The average Bonchev–Trinajstić information content (AvgIpc) is 1.59. The van der Waals surface area contributed by atoms with E-state index in [2.05, 4.69) is 27.7 Å². The molecule has 0 atom stereocenters. The Kier molecular flexibility index (Phi) is 6.74. The number of hydrogen-bond acceptors (Lipinski definition) is 0. The van der Waals surface area contributed by atoms with Gasteiger partial charge in [-0.05, 0) is 27.7 Å². The fourth-order valence-electron chi connectivity index (χ4n) is 1.19. The zero-order valence-electron chi connectivity index (χ0n) is 8.26. The van der Waals surface area contributed by atoms with Crippen LogP contribution in [0, 0.1) is 0 Å². The van der Waals surface area contributed by atoms with Crippen molar-refractivity contribution in [1.82, 2.24) is 0 Å². The molecule has 0 aliphatic rings. The monoisotopic (exact) mass is 151 g/mol. The van der Waals surface area contributed by atoms with E-state index in [1.54, 1.807) is 0 Å². The topological polar surface area (TPSA) is 55.0 Å². The predicted octanol–water partition coefficient (Wildman–Crippen LogP) is -2.91. The van der Waals surface area contributed by atoms with Gasteiger partial charge < -0.3 is 0 Å². The summed E-state index contributed by atoms with van der Waals surface area (Å²) in [6.45, 7) is 8.28. The van der Waals surface area contributed by atoms with Crippen molar-refractivity contribution < 1.29 is 23.4 Å². The van der Waals surface area contributed by atoms with Crippen LogP contribution in [0.2, 0.25) is 0 Å². The molecule has 0 radical (unpaired) electrons. The maximum atomic E-state index is 5.46. The Bertz CT molecular complexity index is 127. The maximum Gasteiger partial charge on any atom is 1.00 e. The molecule has 0 bridgehead atoms. The van der Waals surface area contributed by atoms with Gasteiger partial charge in [-0.15, -0.1) is 0 Å². The van der Waals surface area contributed by atoms with Gasteiger partial charge in [-0.2, -0.15) is 0 Å². The number of nitrogens with zero attached hydrogens (tertiary/aromatic N) is 1. The van der Waals surface area contributed by atoms with Gasteiger partial charge in [-0.1, -0.05) is 0 Å². The molecular weight excluding hydrogens is 133 g/mol. The third-order valence-electron chi connectivity index (χ3n) is 1.41. The van der Waals surface area contributed by atoms with E-state index < -0.39 is 0 Å². The van der Waals surface area contributed by atoms with Crippen molar-refractivity contribution in [2.75, 3.05) is 0 Å². The van der Waals surface area contributed by atoms with Crippen LogP contribution in [0.3, 0.4) is 0 Å². The minimum atomic E-state index is 0. The van der Waals surface area contributed by atoms with Crippen molar-refractivity contribution in [2.45, 2.75) is 39.8 Å². The van der Waals surface area contributed by atoms with Crippen molar-refractivity contribution in [3.63, 3.8) is 0 Å². The van der Waals surface area contributed by atoms with Gasteiger partial charge in [0.05, 0.1) is 12.1 Å². The first-order valence-corrected chi connectivity index (χ1v) is 3.63. The summed E-state index contributed by atoms with van der Waals surface area (Å²) in [5.74, 6) is 0.407. The van der Waals surface area contributed by atoms with E-state index in [4.69, 9.17) is 11.5 Å². The molecule has 0 spiro atoms. The van der Waals surface area contributed by atoms with E-state index in [9.17, 15) is 0 Å². The summed E-state index contributed by atoms with van der Waals surface area (Å²) < 4.78 is 1.97. The minimum Gasteiger partial charge on any atom is -0.291 e. The van der Waals surface area contributed by atoms with Gasteiger partial charge in [0.2, 0.25) is 0 Å². The fraction of sp³-hybridized carbons (Fsp3) is 0.857. The Labute approximate surface area is 81.0 Å². The second-order valence-corrected chi connectivity index (χ2v) is 3.02. The summed E-state index contributed by atoms with van der Waals surface area (Å²) in [4.78, 5) is 0. The van der Waals surface area contributed by atoms with Crippen molar-refractivity contribution in [1.29, 1.82) is 0 Å². The molecule has 4 N–H and O–H groups in total. The number of hydrogen-bond donors (Lipinski definition) is 2. The van der Waals surface area contributed by atoms with Crippen molar-refractivity contribution in [3.8, 4) is 0 Å². The Balaban J connectivity index is 0. The molecule has 0 saturated carbocycles. The maximum absolute atomic E-state index is 5.46. The Morgan fingerprint density at radius 2 is 1.27 bits per heavy atom. The van der Waals surface area contributed by atoms with E-state index in [1.165, 1.54) is 0 Å². The summed E-state index contributed by atoms with van der Waals surface area (Å²) in [6.07, 6.45) is 0. The van der Waals surface area contributed by atoms with Crippen molar-refractivity contribution in [3.05, 3.63) is 0 Å². The van der Waals surface area contributed by atoms with Crippen LogP contribution in [0.1, 0.15) is 27.7 Å². The molecule has 3 nitrogen and oxygen atoms in total. The number of guanidine groups is 1. The summed E-state index contributed by atoms with van der Waals surface area (Å²) in [5, 5.41) is 0. The molecular formula is C7H18LiN3+2. The van der Waals surface area contributed by atoms with Gasteiger partial charge in [0.1, 0.15) is 0 Å². The molecule has 0 aromatic carbocycles. The van der Waals surface area contributed by atoms with E-state index in [1.807, 2.05) is 4.58 Å². The standard InChI is InChI=1S/C7H17N3.Li/c1-5(2)10(6(3)4)7(8)9;/h5-6H,1-4H3,(H3,8,9);/q;+1/p+1. The summed E-state index contributed by atoms with van der Waals surface area (Å²) in [5.41, 5.74) is 10.9. The van der Waals surface area contributed by atoms with E-state index >= 15 is 0 Å². The van der Waals surface area contributed by atoms with E-state index in [0.717, 1.165) is 0 Å². The molecule has 0 saturated heterocycles. The SMILES string of the molecule is CC(C)[N+](=C(N)N)C(C)C.[Li+]. The molecule has 0 aliphatic heterocycles. The van der Waals surface area contributed by atoms with Crippen LogP contribution in [0.5, 0.6) is 0 Å². The number of rotatable bonds is 2. The summed E-state index contributed by atoms with van der Waals surface area (Å²) in [7, 11) is 0. The van der Waals surface area contributed by atoms with Crippen LogP contribution in [0.4, 0.5) is 0 Å². The first kappa shape index (κ1) is 13.5. The van der Waals surface area contributed by atoms with Crippen LogP contribution < -0.4 is 30.3 Å². The van der Waals surface area contributed by atoms with Crippen LogP contribution in [-0.4, -0.2) is 22.6 Å². The minimum absolute atomic E-state index is 0. The molecule has 0 aromatic heterocycles. The number of nitrogens with two attached hydrogens (primary N) is 2. The molecule has 0 rings (SSSR count). The van der Waals surface area contributed by atoms with Crippen LogP contribution in [-0.2, 0) is 0 Å². The largest absolute Gasteiger partial charge is 1.00 e. The van der Waals surface area contributed by atoms with Gasteiger partial charge >= 0.3 is 24.8 Å². The van der Waals surface area contributed by atoms with E-state index in [-0.39, 0.29) is 18.9 Å². The van der Waals surface area contributed by atoms with Crippen LogP contribution in [0.25, 0.3) is 0 Å². The third kappa shape index (κ3) is 4.34. The fourth-order valence-corrected chi connectivity index (χ4v) is 1.19. The van der Waals surface area contributed by atoms with Gasteiger partial charge in [-0.3, -0.25) is 16.0 Å². The van der Waals surface area contributed by atoms with Crippen LogP contribution >= 0.6 is 0 Å². The smallest absolute Gasteiger partial charge is 0.291 e. The quantitative estimate of drug-likeness (QED) is 0.192. The van der Waals surface area contributed by atoms with Crippen LogP contribution in [0.15, 0.2) is 0 Å². The molecule has 60 valence electrons. The molecule has 4 heteroatoms. The summed E-state index contributed by atoms with van der Waals surface area (Å²) in [6, 6.07) is 0.759. The molecule has 0 heterocycles. The zero-order chi connectivity index (χ0) is 8.31. The van der Waals surface area contributed by atoms with E-state index in [0.29, 0.717) is 18.0 Å². The van der Waals surface area contributed by atoms with Gasteiger partial charge in [0.25, 0.3) is 0 Å². The Morgan fingerprint density at radius 3 is 1.27 bits per heavy atom. The molecule has 0 aromatic rings. The van der Waals surface area contributed by atoms with Gasteiger partial charge in [-0.25, -0.2) is 0 Å². The first-order chi connectivity index (χ1) is 4.46. The third-order valence-corrected chi connectivity index (χ3v) is 1.41. The summed E-state index contributed by atoms with van der Waals surface area (Å²) >= 11 is 0. The molecule has 0 amide bonds. The molecule has 0 fully saturated rings. The normalized spacial score (nSPS) is 9.64. The zero-order valence-corrected chi connectivity index (χ0v) is 8.26. The Hall–Kier alpha value is -0.133. The predicted molar refractivity (Wildman–Crippen MR) is 43.9 cm³/mol. The van der Waals surface area contributed by atoms with Crippen molar-refractivity contribution >= 4 is 5.96 Å².